The molecule has 2 aliphatic rings. The van der Waals surface area contributed by atoms with Gasteiger partial charge in [-0.15, -0.1) is 0 Å². The van der Waals surface area contributed by atoms with Gasteiger partial charge in [-0.2, -0.15) is 0 Å². The van der Waals surface area contributed by atoms with Crippen LogP contribution in [0.1, 0.15) is 30.5 Å². The van der Waals surface area contributed by atoms with Crippen molar-refractivity contribution in [2.24, 2.45) is 11.8 Å². The maximum absolute atomic E-state index is 13.6. The second kappa shape index (κ2) is 7.67. The van der Waals surface area contributed by atoms with E-state index in [-0.39, 0.29) is 17.7 Å². The lowest BCUT2D eigenvalue weighted by Gasteiger charge is -2.32. The monoisotopic (exact) mass is 454 g/mol. The highest BCUT2D eigenvalue weighted by Gasteiger charge is 2.44. The van der Waals surface area contributed by atoms with Crippen LogP contribution in [0.2, 0.25) is 0 Å². The third-order valence-electron chi connectivity index (χ3n) is 5.75. The summed E-state index contributed by atoms with van der Waals surface area (Å²) in [5.74, 6) is -1.59. The molecule has 0 saturated carbocycles. The van der Waals surface area contributed by atoms with Gasteiger partial charge in [0.2, 0.25) is 0 Å². The minimum absolute atomic E-state index is 0.142. The molecule has 29 heavy (non-hydrogen) atoms. The highest BCUT2D eigenvalue weighted by Crippen LogP contribution is 2.44. The van der Waals surface area contributed by atoms with E-state index in [4.69, 9.17) is 4.74 Å². The maximum atomic E-state index is 13.6. The van der Waals surface area contributed by atoms with Gasteiger partial charge in [0.25, 0.3) is 0 Å². The number of ether oxygens (including phenoxy) is 1. The van der Waals surface area contributed by atoms with Crippen LogP contribution in [0.5, 0.6) is 0 Å². The molecular weight excluding hydrogens is 432 g/mol. The lowest BCUT2D eigenvalue weighted by Crippen LogP contribution is -2.39. The second-order valence-electron chi connectivity index (χ2n) is 7.70. The number of fused-ring (bicyclic) bond motifs is 1. The fourth-order valence-corrected chi connectivity index (χ4v) is 4.57. The molecule has 0 unspecified atom stereocenters. The summed E-state index contributed by atoms with van der Waals surface area (Å²) >= 11 is 3.60. The van der Waals surface area contributed by atoms with E-state index >= 15 is 0 Å². The molecule has 6 heteroatoms. The quantitative estimate of drug-likeness (QED) is 0.494. The van der Waals surface area contributed by atoms with Gasteiger partial charge < -0.3 is 15.4 Å². The number of carbonyl (C=O) groups is 2. The highest BCUT2D eigenvalue weighted by molar-refractivity contribution is 9.10. The molecule has 150 valence electrons. The summed E-state index contributed by atoms with van der Waals surface area (Å²) < 4.78 is 5.93. The number of hydrogen-bond donors (Lipinski definition) is 2. The number of para-hydroxylation sites is 2. The van der Waals surface area contributed by atoms with E-state index in [2.05, 4.69) is 26.6 Å². The molecule has 1 aliphatic heterocycles. The Hall–Kier alpha value is -2.60. The molecule has 1 heterocycles. The Balaban J connectivity index is 1.89. The van der Waals surface area contributed by atoms with Crippen LogP contribution in [0.15, 0.2) is 58.2 Å². The molecule has 2 aromatic rings. The number of benzene rings is 2. The molecule has 0 saturated heterocycles. The van der Waals surface area contributed by atoms with E-state index < -0.39 is 11.9 Å². The first kappa shape index (κ1) is 19.7. The van der Waals surface area contributed by atoms with Crippen LogP contribution in [0.25, 0.3) is 0 Å². The molecule has 1 aliphatic carbocycles. The third-order valence-corrected chi connectivity index (χ3v) is 6.61. The number of carbonyl (C=O) groups excluding carboxylic acids is 2. The van der Waals surface area contributed by atoms with Crippen molar-refractivity contribution in [2.45, 2.75) is 26.3 Å². The number of allylic oxidation sites excluding steroid dienone is 1. The molecular formula is C23H23BrN2O3. The largest absolute Gasteiger partial charge is 0.468 e. The van der Waals surface area contributed by atoms with Crippen LogP contribution in [0, 0.1) is 18.8 Å². The average Bonchev–Trinajstić information content (AvgIpc) is 2.86. The molecule has 0 fully saturated rings. The number of nitrogens with one attached hydrogen (secondary N) is 2. The first-order valence-corrected chi connectivity index (χ1v) is 10.4. The first-order valence-electron chi connectivity index (χ1n) is 9.64. The topological polar surface area (TPSA) is 67.4 Å². The van der Waals surface area contributed by atoms with E-state index in [1.165, 1.54) is 7.11 Å². The number of Topliss-reactive ketones (excluding diaryl/α,β-unsaturated/α-hetero) is 1. The first-order chi connectivity index (χ1) is 13.9. The number of ketones is 1. The molecule has 0 aromatic heterocycles. The van der Waals surface area contributed by atoms with Crippen molar-refractivity contribution in [3.63, 3.8) is 0 Å². The van der Waals surface area contributed by atoms with E-state index in [1.54, 1.807) is 0 Å². The van der Waals surface area contributed by atoms with E-state index in [9.17, 15) is 9.59 Å². The van der Waals surface area contributed by atoms with Crippen LogP contribution in [0.4, 0.5) is 11.4 Å². The Bertz CT molecular complexity index is 1030. The van der Waals surface area contributed by atoms with Crippen LogP contribution >= 0.6 is 15.9 Å². The van der Waals surface area contributed by atoms with Crippen molar-refractivity contribution >= 4 is 39.1 Å². The van der Waals surface area contributed by atoms with Gasteiger partial charge in [-0.05, 0) is 48.6 Å². The smallest absolute Gasteiger partial charge is 0.316 e. The minimum Gasteiger partial charge on any atom is -0.468 e. The van der Waals surface area contributed by atoms with E-state index in [1.807, 2.05) is 56.3 Å². The molecule has 0 amide bonds. The van der Waals surface area contributed by atoms with Gasteiger partial charge in [-0.1, -0.05) is 47.1 Å². The maximum Gasteiger partial charge on any atom is 0.316 e. The number of anilines is 2. The number of rotatable bonds is 2. The summed E-state index contributed by atoms with van der Waals surface area (Å²) in [4.78, 5) is 26.0. The Labute approximate surface area is 178 Å². The van der Waals surface area contributed by atoms with Crippen LogP contribution in [0.3, 0.4) is 0 Å². The van der Waals surface area contributed by atoms with Crippen molar-refractivity contribution in [1.29, 1.82) is 0 Å². The predicted octanol–water partition coefficient (Wildman–Crippen LogP) is 4.99. The fraction of sp³-hybridized carbons (Fsp3) is 0.304. The summed E-state index contributed by atoms with van der Waals surface area (Å²) in [6.07, 6.45) is 0.598. The zero-order chi connectivity index (χ0) is 20.7. The fourth-order valence-electron chi connectivity index (χ4n) is 4.17. The lowest BCUT2D eigenvalue weighted by atomic mass is 9.75. The Morgan fingerprint density at radius 2 is 1.90 bits per heavy atom. The van der Waals surface area contributed by atoms with Gasteiger partial charge in [0, 0.05) is 15.7 Å². The predicted molar refractivity (Wildman–Crippen MR) is 117 cm³/mol. The van der Waals surface area contributed by atoms with Gasteiger partial charge >= 0.3 is 5.97 Å². The van der Waals surface area contributed by atoms with Crippen molar-refractivity contribution in [3.05, 3.63) is 69.3 Å². The van der Waals surface area contributed by atoms with Gasteiger partial charge in [0.05, 0.1) is 24.5 Å². The van der Waals surface area contributed by atoms with E-state index in [0.29, 0.717) is 12.0 Å². The number of aryl methyl sites for hydroxylation is 1. The van der Waals surface area contributed by atoms with Crippen LogP contribution in [-0.2, 0) is 14.3 Å². The zero-order valence-electron chi connectivity index (χ0n) is 16.6. The summed E-state index contributed by atoms with van der Waals surface area (Å²) in [5, 5.41) is 6.99. The van der Waals surface area contributed by atoms with Gasteiger partial charge in [-0.3, -0.25) is 9.59 Å². The summed E-state index contributed by atoms with van der Waals surface area (Å²) in [7, 11) is 1.33. The second-order valence-corrected chi connectivity index (χ2v) is 8.55. The Morgan fingerprint density at radius 3 is 2.59 bits per heavy atom. The standard InChI is InChI=1S/C23H23BrN2O3/c1-12-8-9-14(11-15(12)24)21-20-18(25-16-6-4-5-7-17(16)26-21)10-13(2)19(22(20)27)23(28)29-3/h4-9,11,13,19,21,25-26H,10H2,1-3H3/t13-,19-,21+/m0/s1. The molecule has 0 bridgehead atoms. The number of esters is 1. The Morgan fingerprint density at radius 1 is 1.17 bits per heavy atom. The van der Waals surface area contributed by atoms with Crippen LogP contribution in [-0.4, -0.2) is 18.9 Å². The molecule has 0 radical (unpaired) electrons. The van der Waals surface area contributed by atoms with Crippen molar-refractivity contribution in [1.82, 2.24) is 0 Å². The SMILES string of the molecule is COC(=O)[C@@H]1C(=O)C2=C(C[C@@H]1C)Nc1ccccc1N[C@@H]2c1ccc(C)c(Br)c1. The zero-order valence-corrected chi connectivity index (χ0v) is 18.2. The molecule has 2 N–H and O–H groups in total. The van der Waals surface area contributed by atoms with Gasteiger partial charge in [0.1, 0.15) is 5.92 Å². The van der Waals surface area contributed by atoms with Crippen molar-refractivity contribution in [2.75, 3.05) is 17.7 Å². The summed E-state index contributed by atoms with van der Waals surface area (Å²) in [5.41, 5.74) is 5.38. The number of hydrogen-bond acceptors (Lipinski definition) is 5. The molecule has 3 atom stereocenters. The number of methoxy groups -OCH3 is 1. The summed E-state index contributed by atoms with van der Waals surface area (Å²) in [6.45, 7) is 3.95. The molecule has 5 nitrogen and oxygen atoms in total. The highest BCUT2D eigenvalue weighted by atomic mass is 79.9. The third kappa shape index (κ3) is 3.46. The van der Waals surface area contributed by atoms with Gasteiger partial charge in [0.15, 0.2) is 5.78 Å². The van der Waals surface area contributed by atoms with Crippen LogP contribution < -0.4 is 10.6 Å². The molecule has 4 rings (SSSR count). The van der Waals surface area contributed by atoms with Crippen molar-refractivity contribution < 1.29 is 14.3 Å². The van der Waals surface area contributed by atoms with Gasteiger partial charge in [-0.25, -0.2) is 0 Å². The van der Waals surface area contributed by atoms with E-state index in [0.717, 1.165) is 32.7 Å². The summed E-state index contributed by atoms with van der Waals surface area (Å²) in [6, 6.07) is 13.6. The average molecular weight is 455 g/mol. The lowest BCUT2D eigenvalue weighted by molar-refractivity contribution is -0.151. The Kier molecular flexibility index (Phi) is 5.21. The van der Waals surface area contributed by atoms with Crippen molar-refractivity contribution in [3.8, 4) is 0 Å². The molecule has 2 aromatic carbocycles. The molecule has 0 spiro atoms. The minimum atomic E-state index is -0.792. The normalized spacial score (nSPS) is 23.3. The number of halogens is 1.